The summed E-state index contributed by atoms with van der Waals surface area (Å²) in [5.74, 6) is 0.105. The van der Waals surface area contributed by atoms with Gasteiger partial charge in [0.1, 0.15) is 17.2 Å². The fourth-order valence-corrected chi connectivity index (χ4v) is 5.55. The molecule has 2 atom stereocenters. The third-order valence-electron chi connectivity index (χ3n) is 7.20. The van der Waals surface area contributed by atoms with Crippen molar-refractivity contribution in [3.05, 3.63) is 73.9 Å². The van der Waals surface area contributed by atoms with Gasteiger partial charge in [-0.05, 0) is 82.1 Å². The van der Waals surface area contributed by atoms with Gasteiger partial charge in [-0.2, -0.15) is 4.80 Å². The molecule has 0 spiro atoms. The minimum absolute atomic E-state index is 0.0187. The summed E-state index contributed by atoms with van der Waals surface area (Å²) in [6.07, 6.45) is 0.0520. The maximum Gasteiger partial charge on any atom is 0.410 e. The molecule has 2 aliphatic heterocycles. The van der Waals surface area contributed by atoms with Gasteiger partial charge in [-0.15, -0.1) is 10.2 Å². The second-order valence-corrected chi connectivity index (χ2v) is 14.9. The normalized spacial score (nSPS) is 16.8. The van der Waals surface area contributed by atoms with E-state index < -0.39 is 17.3 Å². The number of carbonyl (C=O) groups excluding carboxylic acids is 2. The van der Waals surface area contributed by atoms with Crippen LogP contribution >= 0.6 is 46.4 Å². The van der Waals surface area contributed by atoms with Gasteiger partial charge in [-0.25, -0.2) is 9.59 Å². The molecule has 3 aromatic rings. The third-order valence-corrected chi connectivity index (χ3v) is 8.68. The van der Waals surface area contributed by atoms with Crippen molar-refractivity contribution in [3.8, 4) is 0 Å². The lowest BCUT2D eigenvalue weighted by atomic mass is 9.87. The van der Waals surface area contributed by atoms with Crippen LogP contribution in [0.15, 0.2) is 42.7 Å². The standard InChI is InChI=1S/C16H19Cl2N5O2.C15H19Cl2NO3/c1-16(2,3)25-15(24)22-7-11(8-22)14(23-20-9-19-21-23)10-4-5-12(17)13(18)6-10;1-15(2,3)21-14(20)18-7-10(8-18)13(19)9-4-5-11(16)12(17)6-9/h4-6,9,11,14H,7-8H2,1-3H3;4-6,10,13,19H,7-8H2,1-3H3. The lowest BCUT2D eigenvalue weighted by molar-refractivity contribution is -0.0314. The van der Waals surface area contributed by atoms with E-state index in [1.807, 2.05) is 47.6 Å². The van der Waals surface area contributed by atoms with Crippen LogP contribution in [0.4, 0.5) is 9.59 Å². The topological polar surface area (TPSA) is 123 Å². The van der Waals surface area contributed by atoms with Crippen molar-refractivity contribution in [2.24, 2.45) is 11.8 Å². The Balaban J connectivity index is 0.000000212. The van der Waals surface area contributed by atoms with Crippen molar-refractivity contribution in [1.29, 1.82) is 0 Å². The van der Waals surface area contributed by atoms with Crippen molar-refractivity contribution in [2.75, 3.05) is 26.2 Å². The van der Waals surface area contributed by atoms with Crippen LogP contribution in [0.3, 0.4) is 0 Å². The number of aliphatic hydroxyl groups excluding tert-OH is 1. The minimum atomic E-state index is -0.668. The van der Waals surface area contributed by atoms with Crippen molar-refractivity contribution >= 4 is 58.6 Å². The lowest BCUT2D eigenvalue weighted by Gasteiger charge is -2.43. The Morgan fingerprint density at radius 3 is 1.65 bits per heavy atom. The predicted molar refractivity (Wildman–Crippen MR) is 176 cm³/mol. The van der Waals surface area contributed by atoms with Gasteiger partial charge in [-0.1, -0.05) is 58.5 Å². The fraction of sp³-hybridized carbons (Fsp3) is 0.516. The monoisotopic (exact) mass is 714 g/mol. The summed E-state index contributed by atoms with van der Waals surface area (Å²) >= 11 is 24.0. The zero-order valence-electron chi connectivity index (χ0n) is 26.5. The molecule has 2 aliphatic rings. The van der Waals surface area contributed by atoms with Crippen LogP contribution in [-0.2, 0) is 9.47 Å². The number of likely N-dealkylation sites (tertiary alicyclic amines) is 2. The molecule has 15 heteroatoms. The molecule has 2 amide bonds. The van der Waals surface area contributed by atoms with Gasteiger partial charge in [0, 0.05) is 38.0 Å². The lowest BCUT2D eigenvalue weighted by Crippen LogP contribution is -2.54. The summed E-state index contributed by atoms with van der Waals surface area (Å²) in [6.45, 7) is 13.0. The number of carbonyl (C=O) groups is 2. The fourth-order valence-electron chi connectivity index (χ4n) is 4.94. The molecule has 5 rings (SSSR count). The molecule has 0 bridgehead atoms. The number of benzene rings is 2. The number of hydrogen-bond donors (Lipinski definition) is 1. The second kappa shape index (κ2) is 14.5. The molecule has 0 saturated carbocycles. The Kier molecular flexibility index (Phi) is 11.4. The smallest absolute Gasteiger partial charge is 0.410 e. The summed E-state index contributed by atoms with van der Waals surface area (Å²) in [7, 11) is 0. The molecule has 2 aromatic carbocycles. The number of aromatic nitrogens is 4. The highest BCUT2D eigenvalue weighted by Gasteiger charge is 2.41. The quantitative estimate of drug-likeness (QED) is 0.291. The first kappa shape index (κ1) is 36.0. The molecule has 2 fully saturated rings. The molecular formula is C31H38Cl4N6O5. The minimum Gasteiger partial charge on any atom is -0.444 e. The number of amides is 2. The summed E-state index contributed by atoms with van der Waals surface area (Å²) in [5.41, 5.74) is 0.600. The number of rotatable bonds is 5. The molecule has 0 radical (unpaired) electrons. The number of ether oxygens (including phenoxy) is 2. The molecule has 11 nitrogen and oxygen atoms in total. The molecule has 1 N–H and O–H groups in total. The van der Waals surface area contributed by atoms with Crippen LogP contribution in [-0.4, -0.2) is 84.7 Å². The number of nitrogens with zero attached hydrogens (tertiary/aromatic N) is 6. The van der Waals surface area contributed by atoms with E-state index in [2.05, 4.69) is 15.4 Å². The van der Waals surface area contributed by atoms with Gasteiger partial charge in [0.15, 0.2) is 6.33 Å². The number of aliphatic hydroxyl groups is 1. The van der Waals surface area contributed by atoms with Crippen molar-refractivity contribution in [3.63, 3.8) is 0 Å². The van der Waals surface area contributed by atoms with Crippen LogP contribution in [0.2, 0.25) is 20.1 Å². The average molecular weight is 716 g/mol. The highest BCUT2D eigenvalue weighted by atomic mass is 35.5. The Bertz CT molecular complexity index is 1520. The van der Waals surface area contributed by atoms with Gasteiger partial charge < -0.3 is 24.4 Å². The zero-order valence-corrected chi connectivity index (χ0v) is 29.5. The first-order chi connectivity index (χ1) is 21.4. The van der Waals surface area contributed by atoms with Crippen LogP contribution in [0.25, 0.3) is 0 Å². The van der Waals surface area contributed by atoms with Crippen LogP contribution < -0.4 is 0 Å². The SMILES string of the molecule is CC(C)(C)OC(=O)N1CC(C(O)c2ccc(Cl)c(Cl)c2)C1.CC(C)(C)OC(=O)N1CC(C(c2ccc(Cl)c(Cl)c2)n2ncnn2)C1. The summed E-state index contributed by atoms with van der Waals surface area (Å²) < 4.78 is 10.7. The first-order valence-electron chi connectivity index (χ1n) is 14.7. The van der Waals surface area contributed by atoms with E-state index in [0.717, 1.165) is 5.56 Å². The van der Waals surface area contributed by atoms with E-state index in [9.17, 15) is 14.7 Å². The number of halogens is 4. The molecule has 2 unspecified atom stereocenters. The first-order valence-corrected chi connectivity index (χ1v) is 16.2. The Morgan fingerprint density at radius 2 is 1.22 bits per heavy atom. The highest BCUT2D eigenvalue weighted by molar-refractivity contribution is 6.42. The summed E-state index contributed by atoms with van der Waals surface area (Å²) in [5, 5.41) is 24.1. The van der Waals surface area contributed by atoms with Gasteiger partial charge in [0.25, 0.3) is 0 Å². The summed E-state index contributed by atoms with van der Waals surface area (Å²) in [6, 6.07) is 10.3. The molecular weight excluding hydrogens is 678 g/mol. The van der Waals surface area contributed by atoms with Gasteiger partial charge in [-0.3, -0.25) is 0 Å². The molecule has 0 aliphatic carbocycles. The van der Waals surface area contributed by atoms with Gasteiger partial charge >= 0.3 is 12.2 Å². The highest BCUT2D eigenvalue weighted by Crippen LogP contribution is 2.36. The largest absolute Gasteiger partial charge is 0.444 e. The van der Waals surface area contributed by atoms with Crippen molar-refractivity contribution < 1.29 is 24.2 Å². The average Bonchev–Trinajstić information content (AvgIpc) is 3.41. The molecule has 250 valence electrons. The van der Waals surface area contributed by atoms with Crippen LogP contribution in [0.1, 0.15) is 64.8 Å². The van der Waals surface area contributed by atoms with Gasteiger partial charge in [0.05, 0.1) is 26.2 Å². The molecule has 3 heterocycles. The zero-order chi connectivity index (χ0) is 34.0. The molecule has 2 saturated heterocycles. The van der Waals surface area contributed by atoms with E-state index in [0.29, 0.717) is 51.8 Å². The maximum atomic E-state index is 12.1. The van der Waals surface area contributed by atoms with E-state index in [1.54, 1.807) is 40.1 Å². The van der Waals surface area contributed by atoms with Crippen molar-refractivity contribution in [2.45, 2.75) is 64.9 Å². The van der Waals surface area contributed by atoms with E-state index in [-0.39, 0.29) is 30.1 Å². The predicted octanol–water partition coefficient (Wildman–Crippen LogP) is 7.33. The van der Waals surface area contributed by atoms with Crippen LogP contribution in [0.5, 0.6) is 0 Å². The third kappa shape index (κ3) is 9.38. The van der Waals surface area contributed by atoms with Crippen LogP contribution in [0, 0.1) is 11.8 Å². The Hall–Kier alpha value is -2.83. The summed E-state index contributed by atoms with van der Waals surface area (Å²) in [4.78, 5) is 28.8. The second-order valence-electron chi connectivity index (χ2n) is 13.3. The molecule has 46 heavy (non-hydrogen) atoms. The maximum absolute atomic E-state index is 12.1. The molecule has 1 aromatic heterocycles. The number of tetrazole rings is 1. The Labute approximate surface area is 288 Å². The van der Waals surface area contributed by atoms with E-state index >= 15 is 0 Å². The van der Waals surface area contributed by atoms with E-state index in [4.69, 9.17) is 55.9 Å². The van der Waals surface area contributed by atoms with Crippen molar-refractivity contribution in [1.82, 2.24) is 30.0 Å². The van der Waals surface area contributed by atoms with Gasteiger partial charge in [0.2, 0.25) is 0 Å². The Morgan fingerprint density at radius 1 is 0.761 bits per heavy atom. The number of hydrogen-bond acceptors (Lipinski definition) is 8. The van der Waals surface area contributed by atoms with E-state index in [1.165, 1.54) is 11.1 Å².